The first-order chi connectivity index (χ1) is 13.5. The van der Waals surface area contributed by atoms with Gasteiger partial charge in [0.1, 0.15) is 0 Å². The Morgan fingerprint density at radius 3 is 2.58 bits per heavy atom. The molecule has 0 aromatic heterocycles. The van der Waals surface area contributed by atoms with Crippen LogP contribution < -0.4 is 5.32 Å². The van der Waals surface area contributed by atoms with Crippen molar-refractivity contribution >= 4 is 10.8 Å². The monoisotopic (exact) mass is 360 g/mol. The maximum Gasteiger partial charge on any atom is 0.416 e. The second-order valence-electron chi connectivity index (χ2n) is 6.13. The van der Waals surface area contributed by atoms with Gasteiger partial charge in [0.2, 0.25) is 0 Å². The molecule has 0 bridgehead atoms. The van der Waals surface area contributed by atoms with E-state index in [1.807, 2.05) is 42.5 Å². The van der Waals surface area contributed by atoms with E-state index in [9.17, 15) is 13.2 Å². The minimum Gasteiger partial charge on any atom is -0.310 e. The molecule has 0 saturated carbocycles. The van der Waals surface area contributed by atoms with E-state index in [2.05, 4.69) is 5.32 Å². The summed E-state index contributed by atoms with van der Waals surface area (Å²) in [5.41, 5.74) is 0.189. The summed E-state index contributed by atoms with van der Waals surface area (Å²) in [5, 5.41) is 4.83. The minimum atomic E-state index is -4.46. The van der Waals surface area contributed by atoms with Gasteiger partial charge in [-0.05, 0) is 54.2 Å². The van der Waals surface area contributed by atoms with E-state index in [-0.39, 0.29) is 18.5 Å². The molecule has 0 saturated heterocycles. The van der Waals surface area contributed by atoms with Crippen LogP contribution in [0, 0.1) is 0 Å². The molecule has 3 aromatic carbocycles. The summed E-state index contributed by atoms with van der Waals surface area (Å²) in [4.78, 5) is 0. The third-order valence-electron chi connectivity index (χ3n) is 4.26. The Morgan fingerprint density at radius 2 is 1.77 bits per heavy atom. The quantitative estimate of drug-likeness (QED) is 0.556. The molecule has 3 rings (SSSR count). The lowest BCUT2D eigenvalue weighted by atomic mass is 9.99. The van der Waals surface area contributed by atoms with Crippen molar-refractivity contribution in [2.24, 2.45) is 0 Å². The second-order valence-corrected chi connectivity index (χ2v) is 6.13. The minimum absolute atomic E-state index is 0.174. The molecule has 4 heteroatoms. The van der Waals surface area contributed by atoms with Gasteiger partial charge in [0.05, 0.1) is 6.93 Å². The predicted molar refractivity (Wildman–Crippen MR) is 100 cm³/mol. The van der Waals surface area contributed by atoms with Crippen LogP contribution >= 0.6 is 0 Å². The van der Waals surface area contributed by atoms with Gasteiger partial charge < -0.3 is 5.32 Å². The van der Waals surface area contributed by atoms with E-state index in [0.29, 0.717) is 5.56 Å². The number of halogens is 3. The first kappa shape index (κ1) is 14.8. The highest BCUT2D eigenvalue weighted by atomic mass is 19.4. The van der Waals surface area contributed by atoms with E-state index in [4.69, 9.17) is 4.11 Å². The molecule has 0 unspecified atom stereocenters. The van der Waals surface area contributed by atoms with Crippen molar-refractivity contribution in [2.45, 2.75) is 31.9 Å². The largest absolute Gasteiger partial charge is 0.416 e. The fraction of sp³-hybridized carbons (Fsp3) is 0.273. The van der Waals surface area contributed by atoms with E-state index in [1.165, 1.54) is 12.1 Å². The SMILES string of the molecule is [2H]C([2H])(CN[C@@]([2H])(C)c1cccc2ccccc12)Cc1cccc(C(F)(F)F)c1. The van der Waals surface area contributed by atoms with E-state index in [0.717, 1.165) is 22.9 Å². The van der Waals surface area contributed by atoms with Crippen LogP contribution in [-0.4, -0.2) is 6.54 Å². The van der Waals surface area contributed by atoms with Crippen molar-refractivity contribution in [1.29, 1.82) is 0 Å². The molecule has 0 heterocycles. The fourth-order valence-corrected chi connectivity index (χ4v) is 2.91. The van der Waals surface area contributed by atoms with Gasteiger partial charge in [-0.1, -0.05) is 60.7 Å². The van der Waals surface area contributed by atoms with Crippen LogP contribution in [0.25, 0.3) is 10.8 Å². The predicted octanol–water partition coefficient (Wildman–Crippen LogP) is 6.14. The number of hydrogen-bond donors (Lipinski definition) is 1. The highest BCUT2D eigenvalue weighted by molar-refractivity contribution is 5.86. The molecular weight excluding hydrogens is 335 g/mol. The highest BCUT2D eigenvalue weighted by Crippen LogP contribution is 2.29. The summed E-state index contributed by atoms with van der Waals surface area (Å²) < 4.78 is 63.8. The second kappa shape index (κ2) is 7.92. The maximum atomic E-state index is 12.9. The van der Waals surface area contributed by atoms with Gasteiger partial charge in [-0.25, -0.2) is 0 Å². The molecule has 0 aliphatic rings. The number of aryl methyl sites for hydroxylation is 1. The molecule has 0 fully saturated rings. The lowest BCUT2D eigenvalue weighted by molar-refractivity contribution is -0.137. The molecule has 0 aliphatic heterocycles. The standard InChI is InChI=1S/C22H22F3N/c1-16(20-13-5-10-18-9-2-3-12-21(18)20)26-14-6-8-17-7-4-11-19(15-17)22(23,24)25/h2-5,7,9-13,15-16,26H,6,8,14H2,1H3/t16-/m0/s1/i6D2,16D. The maximum absolute atomic E-state index is 12.9. The number of nitrogens with one attached hydrogen (secondary N) is 1. The zero-order chi connectivity index (χ0) is 21.3. The zero-order valence-electron chi connectivity index (χ0n) is 17.4. The summed E-state index contributed by atoms with van der Waals surface area (Å²) in [6.45, 7) is 1.47. The summed E-state index contributed by atoms with van der Waals surface area (Å²) in [7, 11) is 0. The molecule has 3 aromatic rings. The summed E-state index contributed by atoms with van der Waals surface area (Å²) >= 11 is 0. The van der Waals surface area contributed by atoms with E-state index in [1.54, 1.807) is 6.92 Å². The molecular formula is C22H22F3N. The van der Waals surface area contributed by atoms with Crippen LogP contribution in [0.15, 0.2) is 66.7 Å². The van der Waals surface area contributed by atoms with Crippen LogP contribution in [0.5, 0.6) is 0 Å². The average Bonchev–Trinajstić information content (AvgIpc) is 2.65. The van der Waals surface area contributed by atoms with Gasteiger partial charge in [0.15, 0.2) is 0 Å². The molecule has 26 heavy (non-hydrogen) atoms. The normalized spacial score (nSPS) is 16.5. The molecule has 0 amide bonds. The van der Waals surface area contributed by atoms with Crippen LogP contribution in [-0.2, 0) is 12.6 Å². The topological polar surface area (TPSA) is 12.0 Å². The molecule has 1 atom stereocenters. The third kappa shape index (κ3) is 4.44. The Balaban J connectivity index is 1.75. The van der Waals surface area contributed by atoms with Crippen molar-refractivity contribution in [2.75, 3.05) is 6.54 Å². The number of fused-ring (bicyclic) bond motifs is 1. The lowest BCUT2D eigenvalue weighted by Gasteiger charge is -2.17. The number of benzene rings is 3. The molecule has 1 N–H and O–H groups in total. The Bertz CT molecular complexity index is 995. The van der Waals surface area contributed by atoms with Crippen molar-refractivity contribution in [3.8, 4) is 0 Å². The molecule has 0 spiro atoms. The van der Waals surface area contributed by atoms with Gasteiger partial charge in [-0.3, -0.25) is 0 Å². The number of rotatable bonds is 6. The summed E-state index contributed by atoms with van der Waals surface area (Å²) in [6, 6.07) is 16.7. The molecule has 0 radical (unpaired) electrons. The highest BCUT2D eigenvalue weighted by Gasteiger charge is 2.30. The molecule has 0 aliphatic carbocycles. The summed E-state index contributed by atoms with van der Waals surface area (Å²) in [5.74, 6) is 0. The van der Waals surface area contributed by atoms with Gasteiger partial charge in [0, 0.05) is 8.76 Å². The first-order valence-corrected chi connectivity index (χ1v) is 8.37. The van der Waals surface area contributed by atoms with E-state index >= 15 is 0 Å². The first-order valence-electron chi connectivity index (χ1n) is 9.87. The van der Waals surface area contributed by atoms with Crippen LogP contribution in [0.4, 0.5) is 13.2 Å². The van der Waals surface area contributed by atoms with Crippen LogP contribution in [0.1, 0.15) is 40.1 Å². The zero-order valence-corrected chi connectivity index (χ0v) is 14.4. The van der Waals surface area contributed by atoms with Crippen molar-refractivity contribution in [3.05, 3.63) is 83.4 Å². The van der Waals surface area contributed by atoms with Gasteiger partial charge in [-0.15, -0.1) is 0 Å². The lowest BCUT2D eigenvalue weighted by Crippen LogP contribution is -2.20. The Kier molecular flexibility index (Phi) is 4.51. The van der Waals surface area contributed by atoms with Gasteiger partial charge in [0.25, 0.3) is 0 Å². The molecule has 1 nitrogen and oxygen atoms in total. The van der Waals surface area contributed by atoms with Crippen molar-refractivity contribution < 1.29 is 17.3 Å². The van der Waals surface area contributed by atoms with Gasteiger partial charge >= 0.3 is 6.18 Å². The Hall–Kier alpha value is -2.33. The number of alkyl halides is 3. The third-order valence-corrected chi connectivity index (χ3v) is 4.26. The van der Waals surface area contributed by atoms with Crippen LogP contribution in [0.3, 0.4) is 0 Å². The smallest absolute Gasteiger partial charge is 0.310 e. The van der Waals surface area contributed by atoms with E-state index < -0.39 is 24.1 Å². The van der Waals surface area contributed by atoms with Crippen molar-refractivity contribution in [3.63, 3.8) is 0 Å². The Morgan fingerprint density at radius 1 is 1.04 bits per heavy atom. The number of hydrogen-bond acceptors (Lipinski definition) is 1. The Labute approximate surface area is 156 Å². The van der Waals surface area contributed by atoms with Crippen molar-refractivity contribution in [1.82, 2.24) is 5.32 Å². The fourth-order valence-electron chi connectivity index (χ4n) is 2.91. The van der Waals surface area contributed by atoms with Crippen LogP contribution in [0.2, 0.25) is 0 Å². The van der Waals surface area contributed by atoms with Gasteiger partial charge in [-0.2, -0.15) is 13.2 Å². The molecule has 136 valence electrons. The summed E-state index contributed by atoms with van der Waals surface area (Å²) in [6.07, 6.45) is -6.47. The average molecular weight is 360 g/mol.